The van der Waals surface area contributed by atoms with Crippen molar-refractivity contribution < 1.29 is 9.90 Å². The van der Waals surface area contributed by atoms with Gasteiger partial charge in [0.2, 0.25) is 0 Å². The van der Waals surface area contributed by atoms with Gasteiger partial charge >= 0.3 is 5.97 Å². The van der Waals surface area contributed by atoms with E-state index in [1.807, 2.05) is 0 Å². The summed E-state index contributed by atoms with van der Waals surface area (Å²) < 4.78 is 0. The van der Waals surface area contributed by atoms with Crippen LogP contribution < -0.4 is 0 Å². The fraction of sp³-hybridized carbons (Fsp3) is 0.933. The van der Waals surface area contributed by atoms with Crippen molar-refractivity contribution in [3.8, 4) is 0 Å². The number of rotatable bonds is 3. The molecular weight excluding hydrogens is 226 g/mol. The molecule has 104 valence electrons. The van der Waals surface area contributed by atoms with E-state index in [1.165, 1.54) is 25.7 Å². The van der Waals surface area contributed by atoms with Crippen LogP contribution in [-0.2, 0) is 4.79 Å². The summed E-state index contributed by atoms with van der Waals surface area (Å²) in [6, 6.07) is 0. The van der Waals surface area contributed by atoms with Crippen LogP contribution in [0.25, 0.3) is 0 Å². The molecule has 0 bridgehead atoms. The maximum atomic E-state index is 11.9. The maximum absolute atomic E-state index is 11.9. The van der Waals surface area contributed by atoms with Crippen LogP contribution in [0.3, 0.4) is 0 Å². The van der Waals surface area contributed by atoms with Crippen molar-refractivity contribution in [2.24, 2.45) is 11.8 Å². The van der Waals surface area contributed by atoms with Gasteiger partial charge < -0.3 is 5.11 Å². The molecule has 1 aliphatic carbocycles. The Hall–Kier alpha value is -0.570. The molecule has 1 saturated carbocycles. The first kappa shape index (κ1) is 13.9. The summed E-state index contributed by atoms with van der Waals surface area (Å²) in [6.07, 6.45) is 7.60. The van der Waals surface area contributed by atoms with Gasteiger partial charge in [-0.25, -0.2) is 0 Å². The van der Waals surface area contributed by atoms with E-state index in [-0.39, 0.29) is 0 Å². The van der Waals surface area contributed by atoms with E-state index in [0.29, 0.717) is 11.8 Å². The summed E-state index contributed by atoms with van der Waals surface area (Å²) in [5.74, 6) is 0.611. The van der Waals surface area contributed by atoms with Gasteiger partial charge in [0.1, 0.15) is 5.54 Å². The molecule has 2 fully saturated rings. The third-order valence-electron chi connectivity index (χ3n) is 5.07. The van der Waals surface area contributed by atoms with Gasteiger partial charge in [-0.15, -0.1) is 0 Å². The lowest BCUT2D eigenvalue weighted by atomic mass is 9.70. The van der Waals surface area contributed by atoms with Gasteiger partial charge in [0.25, 0.3) is 0 Å². The van der Waals surface area contributed by atoms with Crippen LogP contribution >= 0.6 is 0 Å². The molecule has 18 heavy (non-hydrogen) atoms. The second-order valence-corrected chi connectivity index (χ2v) is 6.48. The molecule has 1 aliphatic heterocycles. The first-order valence-electron chi connectivity index (χ1n) is 7.55. The lowest BCUT2D eigenvalue weighted by Gasteiger charge is -2.47. The molecule has 1 saturated heterocycles. The van der Waals surface area contributed by atoms with Crippen molar-refractivity contribution in [3.63, 3.8) is 0 Å². The second kappa shape index (κ2) is 5.60. The smallest absolute Gasteiger partial charge is 0.324 e. The summed E-state index contributed by atoms with van der Waals surface area (Å²) in [6.45, 7) is 6.44. The summed E-state index contributed by atoms with van der Waals surface area (Å²) in [4.78, 5) is 14.2. The number of nitrogens with zero attached hydrogens (tertiary/aromatic N) is 1. The van der Waals surface area contributed by atoms with E-state index in [1.54, 1.807) is 0 Å². The van der Waals surface area contributed by atoms with E-state index >= 15 is 0 Å². The predicted molar refractivity (Wildman–Crippen MR) is 72.6 cm³/mol. The lowest BCUT2D eigenvalue weighted by Crippen LogP contribution is -2.58. The van der Waals surface area contributed by atoms with E-state index in [2.05, 4.69) is 18.7 Å². The zero-order valence-corrected chi connectivity index (χ0v) is 11.8. The Labute approximate surface area is 111 Å². The van der Waals surface area contributed by atoms with Gasteiger partial charge in [-0.1, -0.05) is 33.1 Å². The quantitative estimate of drug-likeness (QED) is 0.840. The van der Waals surface area contributed by atoms with Crippen LogP contribution in [0.4, 0.5) is 0 Å². The second-order valence-electron chi connectivity index (χ2n) is 6.48. The Kier molecular flexibility index (Phi) is 4.31. The van der Waals surface area contributed by atoms with E-state index in [9.17, 15) is 9.90 Å². The van der Waals surface area contributed by atoms with Crippen LogP contribution in [0.1, 0.15) is 58.8 Å². The molecule has 2 rings (SSSR count). The van der Waals surface area contributed by atoms with Gasteiger partial charge in [-0.2, -0.15) is 0 Å². The molecule has 0 aromatic rings. The molecule has 0 aromatic carbocycles. The highest BCUT2D eigenvalue weighted by atomic mass is 16.4. The van der Waals surface area contributed by atoms with Gasteiger partial charge in [0, 0.05) is 0 Å². The van der Waals surface area contributed by atoms with Crippen molar-refractivity contribution in [1.82, 2.24) is 4.90 Å². The van der Waals surface area contributed by atoms with Gasteiger partial charge in [0.15, 0.2) is 0 Å². The monoisotopic (exact) mass is 253 g/mol. The minimum atomic E-state index is -0.574. The Morgan fingerprint density at radius 3 is 2.44 bits per heavy atom. The zero-order valence-electron chi connectivity index (χ0n) is 11.8. The molecule has 3 nitrogen and oxygen atoms in total. The number of hydrogen-bond donors (Lipinski definition) is 1. The normalized spacial score (nSPS) is 34.7. The largest absolute Gasteiger partial charge is 0.480 e. The lowest BCUT2D eigenvalue weighted by molar-refractivity contribution is -0.157. The van der Waals surface area contributed by atoms with Crippen LogP contribution in [-0.4, -0.2) is 34.6 Å². The third kappa shape index (κ3) is 2.56. The van der Waals surface area contributed by atoms with Gasteiger partial charge in [0.05, 0.1) is 0 Å². The van der Waals surface area contributed by atoms with Crippen LogP contribution in [0.2, 0.25) is 0 Å². The number of carbonyl (C=O) groups is 1. The predicted octanol–water partition coefficient (Wildman–Crippen LogP) is 3.14. The zero-order chi connectivity index (χ0) is 13.2. The van der Waals surface area contributed by atoms with Crippen molar-refractivity contribution >= 4 is 5.97 Å². The number of carboxylic acid groups (broad SMARTS) is 1. The molecule has 2 unspecified atom stereocenters. The number of piperidine rings is 1. The van der Waals surface area contributed by atoms with E-state index < -0.39 is 11.5 Å². The molecule has 0 amide bonds. The molecule has 0 spiro atoms. The average Bonchev–Trinajstić information content (AvgIpc) is 2.39. The number of carboxylic acids is 1. The van der Waals surface area contributed by atoms with Crippen LogP contribution in [0.5, 0.6) is 0 Å². The van der Waals surface area contributed by atoms with Crippen molar-refractivity contribution in [2.45, 2.75) is 64.3 Å². The fourth-order valence-electron chi connectivity index (χ4n) is 3.80. The molecule has 0 radical (unpaired) electrons. The highest BCUT2D eigenvalue weighted by Crippen LogP contribution is 2.41. The topological polar surface area (TPSA) is 40.5 Å². The number of likely N-dealkylation sites (tertiary alicyclic amines) is 1. The Morgan fingerprint density at radius 1 is 1.22 bits per heavy atom. The molecule has 0 aromatic heterocycles. The Morgan fingerprint density at radius 2 is 1.89 bits per heavy atom. The maximum Gasteiger partial charge on any atom is 0.324 e. The van der Waals surface area contributed by atoms with Crippen molar-refractivity contribution in [1.29, 1.82) is 0 Å². The SMILES string of the molecule is CC(C)C1CCCC(C(=O)O)(N2CCCCC2)C1. The minimum Gasteiger partial charge on any atom is -0.480 e. The molecule has 3 heteroatoms. The summed E-state index contributed by atoms with van der Waals surface area (Å²) in [5.41, 5.74) is -0.548. The number of aliphatic carboxylic acids is 1. The van der Waals surface area contributed by atoms with Crippen molar-refractivity contribution in [3.05, 3.63) is 0 Å². The van der Waals surface area contributed by atoms with Crippen molar-refractivity contribution in [2.75, 3.05) is 13.1 Å². The van der Waals surface area contributed by atoms with E-state index in [4.69, 9.17) is 0 Å². The summed E-state index contributed by atoms with van der Waals surface area (Å²) in [7, 11) is 0. The average molecular weight is 253 g/mol. The molecule has 2 atom stereocenters. The summed E-state index contributed by atoms with van der Waals surface area (Å²) in [5, 5.41) is 9.80. The Bertz CT molecular complexity index is 297. The highest BCUT2D eigenvalue weighted by Gasteiger charge is 2.47. The first-order chi connectivity index (χ1) is 8.56. The molecule has 1 heterocycles. The fourth-order valence-corrected chi connectivity index (χ4v) is 3.80. The summed E-state index contributed by atoms with van der Waals surface area (Å²) >= 11 is 0. The molecular formula is C15H27NO2. The highest BCUT2D eigenvalue weighted by molar-refractivity contribution is 5.79. The van der Waals surface area contributed by atoms with Gasteiger partial charge in [-0.05, 0) is 50.6 Å². The molecule has 1 N–H and O–H groups in total. The third-order valence-corrected chi connectivity index (χ3v) is 5.07. The first-order valence-corrected chi connectivity index (χ1v) is 7.55. The molecule has 2 aliphatic rings. The number of hydrogen-bond acceptors (Lipinski definition) is 2. The van der Waals surface area contributed by atoms with Crippen LogP contribution in [0, 0.1) is 11.8 Å². The standard InChI is InChI=1S/C15H27NO2/c1-12(2)13-7-6-8-15(11-13,14(17)18)16-9-4-3-5-10-16/h12-13H,3-11H2,1-2H3,(H,17,18). The van der Waals surface area contributed by atoms with E-state index in [0.717, 1.165) is 32.4 Å². The Balaban J connectivity index is 2.17. The minimum absolute atomic E-state index is 0.548. The van der Waals surface area contributed by atoms with Crippen LogP contribution in [0.15, 0.2) is 0 Å². The van der Waals surface area contributed by atoms with Gasteiger partial charge in [-0.3, -0.25) is 9.69 Å².